The molecule has 0 bridgehead atoms. The van der Waals surface area contributed by atoms with E-state index in [9.17, 15) is 4.79 Å². The molecule has 0 spiro atoms. The number of nitrogens with one attached hydrogen (secondary N) is 1. The van der Waals surface area contributed by atoms with E-state index in [0.717, 1.165) is 43.1 Å². The fraction of sp³-hybridized carbons (Fsp3) is 0.350. The van der Waals surface area contributed by atoms with Crippen LogP contribution in [0.3, 0.4) is 0 Å². The maximum absolute atomic E-state index is 12.5. The number of ether oxygens (including phenoxy) is 2. The fourth-order valence-electron chi connectivity index (χ4n) is 3.50. The van der Waals surface area contributed by atoms with Crippen molar-refractivity contribution in [3.63, 3.8) is 0 Å². The Morgan fingerprint density at radius 2 is 1.93 bits per heavy atom. The number of fused-ring (bicyclic) bond motifs is 1. The van der Waals surface area contributed by atoms with Crippen LogP contribution < -0.4 is 19.7 Å². The summed E-state index contributed by atoms with van der Waals surface area (Å²) in [5.74, 6) is 1.28. The summed E-state index contributed by atoms with van der Waals surface area (Å²) >= 11 is 0. The van der Waals surface area contributed by atoms with E-state index < -0.39 is 0 Å². The molecular formula is C20H23N5O3. The number of piperidine rings is 1. The van der Waals surface area contributed by atoms with Crippen LogP contribution in [0.25, 0.3) is 5.65 Å². The molecule has 1 aliphatic rings. The van der Waals surface area contributed by atoms with Crippen molar-refractivity contribution < 1.29 is 14.3 Å². The van der Waals surface area contributed by atoms with Crippen molar-refractivity contribution in [3.8, 4) is 11.5 Å². The first kappa shape index (κ1) is 18.1. The Bertz CT molecular complexity index is 946. The molecule has 1 fully saturated rings. The fourth-order valence-corrected chi connectivity index (χ4v) is 3.50. The molecule has 28 heavy (non-hydrogen) atoms. The first-order valence-electron chi connectivity index (χ1n) is 9.26. The van der Waals surface area contributed by atoms with Crippen molar-refractivity contribution in [2.75, 3.05) is 32.2 Å². The number of aromatic nitrogens is 3. The minimum atomic E-state index is -0.157. The zero-order valence-electron chi connectivity index (χ0n) is 16.0. The highest BCUT2D eigenvalue weighted by Crippen LogP contribution is 2.32. The van der Waals surface area contributed by atoms with Crippen LogP contribution in [-0.4, -0.2) is 53.9 Å². The van der Waals surface area contributed by atoms with Crippen molar-refractivity contribution in [1.29, 1.82) is 0 Å². The van der Waals surface area contributed by atoms with Crippen LogP contribution in [0.5, 0.6) is 11.5 Å². The highest BCUT2D eigenvalue weighted by Gasteiger charge is 2.23. The van der Waals surface area contributed by atoms with Gasteiger partial charge in [-0.2, -0.15) is 5.10 Å². The van der Waals surface area contributed by atoms with Crippen LogP contribution in [0.4, 0.5) is 5.69 Å². The molecule has 8 heteroatoms. The van der Waals surface area contributed by atoms with E-state index in [4.69, 9.17) is 9.47 Å². The van der Waals surface area contributed by atoms with Crippen LogP contribution >= 0.6 is 0 Å². The Kier molecular flexibility index (Phi) is 5.01. The van der Waals surface area contributed by atoms with Crippen LogP contribution in [0.1, 0.15) is 23.3 Å². The lowest BCUT2D eigenvalue weighted by Gasteiger charge is -2.34. The smallest absolute Gasteiger partial charge is 0.272 e. The van der Waals surface area contributed by atoms with Crippen molar-refractivity contribution >= 4 is 17.2 Å². The van der Waals surface area contributed by atoms with Crippen LogP contribution in [0, 0.1) is 0 Å². The van der Waals surface area contributed by atoms with Gasteiger partial charge in [0.25, 0.3) is 5.91 Å². The lowest BCUT2D eigenvalue weighted by atomic mass is 10.0. The van der Waals surface area contributed by atoms with Crippen LogP contribution in [-0.2, 0) is 0 Å². The summed E-state index contributed by atoms with van der Waals surface area (Å²) in [7, 11) is 3.27. The van der Waals surface area contributed by atoms with E-state index in [1.165, 1.54) is 0 Å². The maximum Gasteiger partial charge on any atom is 0.272 e. The highest BCUT2D eigenvalue weighted by molar-refractivity contribution is 5.93. The minimum Gasteiger partial charge on any atom is -0.493 e. The molecule has 4 rings (SSSR count). The molecule has 1 saturated heterocycles. The van der Waals surface area contributed by atoms with Gasteiger partial charge in [-0.1, -0.05) is 0 Å². The summed E-state index contributed by atoms with van der Waals surface area (Å²) in [4.78, 5) is 19.0. The van der Waals surface area contributed by atoms with Gasteiger partial charge in [-0.25, -0.2) is 9.50 Å². The molecule has 3 heterocycles. The SMILES string of the molecule is COc1ccc(N2CCC(NC(=O)c3cc4ncccn4n3)CC2)cc1OC. The van der Waals surface area contributed by atoms with Gasteiger partial charge in [-0.05, 0) is 31.0 Å². The molecule has 2 aromatic heterocycles. The first-order valence-corrected chi connectivity index (χ1v) is 9.26. The molecule has 0 atom stereocenters. The second kappa shape index (κ2) is 7.75. The number of benzene rings is 1. The van der Waals surface area contributed by atoms with E-state index in [1.54, 1.807) is 43.3 Å². The predicted molar refractivity (Wildman–Crippen MR) is 105 cm³/mol. The molecule has 0 unspecified atom stereocenters. The van der Waals surface area contributed by atoms with Gasteiger partial charge in [0.15, 0.2) is 22.8 Å². The number of anilines is 1. The lowest BCUT2D eigenvalue weighted by Crippen LogP contribution is -2.44. The van der Waals surface area contributed by atoms with Gasteiger partial charge < -0.3 is 19.7 Å². The van der Waals surface area contributed by atoms with Crippen LogP contribution in [0.15, 0.2) is 42.7 Å². The molecule has 0 saturated carbocycles. The summed E-state index contributed by atoms with van der Waals surface area (Å²) in [6.07, 6.45) is 5.20. The van der Waals surface area contributed by atoms with E-state index >= 15 is 0 Å². The van der Waals surface area contributed by atoms with Crippen molar-refractivity contribution in [2.24, 2.45) is 0 Å². The molecule has 1 N–H and O–H groups in total. The number of hydrogen-bond acceptors (Lipinski definition) is 6. The Hall–Kier alpha value is -3.29. The molecular weight excluding hydrogens is 358 g/mol. The van der Waals surface area contributed by atoms with Gasteiger partial charge >= 0.3 is 0 Å². The Morgan fingerprint density at radius 3 is 2.64 bits per heavy atom. The lowest BCUT2D eigenvalue weighted by molar-refractivity contribution is 0.0925. The summed E-state index contributed by atoms with van der Waals surface area (Å²) in [5, 5.41) is 7.38. The molecule has 0 radical (unpaired) electrons. The number of amides is 1. The van der Waals surface area contributed by atoms with Gasteiger partial charge in [0.05, 0.1) is 14.2 Å². The number of rotatable bonds is 5. The van der Waals surface area contributed by atoms with Crippen molar-refractivity contribution in [2.45, 2.75) is 18.9 Å². The third kappa shape index (κ3) is 3.58. The summed E-state index contributed by atoms with van der Waals surface area (Å²) in [6, 6.07) is 9.55. The van der Waals surface area contributed by atoms with E-state index in [0.29, 0.717) is 11.3 Å². The van der Waals surface area contributed by atoms with Gasteiger partial charge in [0.2, 0.25) is 0 Å². The monoisotopic (exact) mass is 381 g/mol. The van der Waals surface area contributed by atoms with Crippen molar-refractivity contribution in [3.05, 3.63) is 48.4 Å². The number of carbonyl (C=O) groups excluding carboxylic acids is 1. The number of nitrogens with zero attached hydrogens (tertiary/aromatic N) is 4. The topological polar surface area (TPSA) is 81.0 Å². The second-order valence-electron chi connectivity index (χ2n) is 6.73. The molecule has 0 aliphatic carbocycles. The molecule has 1 aromatic carbocycles. The standard InChI is InChI=1S/C20H23N5O3/c1-27-17-5-4-15(12-18(17)28-2)24-10-6-14(7-11-24)22-20(26)16-13-19-21-8-3-9-25(19)23-16/h3-5,8-9,12-14H,6-7,10-11H2,1-2H3,(H,22,26). The largest absolute Gasteiger partial charge is 0.493 e. The summed E-state index contributed by atoms with van der Waals surface area (Å²) in [5.41, 5.74) is 2.14. The second-order valence-corrected chi connectivity index (χ2v) is 6.73. The third-order valence-corrected chi connectivity index (χ3v) is 5.03. The third-order valence-electron chi connectivity index (χ3n) is 5.03. The normalized spacial score (nSPS) is 14.9. The predicted octanol–water partition coefficient (Wildman–Crippen LogP) is 2.15. The molecule has 3 aromatic rings. The average Bonchev–Trinajstić information content (AvgIpc) is 3.18. The molecule has 146 valence electrons. The minimum absolute atomic E-state index is 0.127. The Morgan fingerprint density at radius 1 is 1.14 bits per heavy atom. The highest BCUT2D eigenvalue weighted by atomic mass is 16.5. The van der Waals surface area contributed by atoms with E-state index in [2.05, 4.69) is 20.3 Å². The quantitative estimate of drug-likeness (QED) is 0.729. The Balaban J connectivity index is 1.37. The van der Waals surface area contributed by atoms with Gasteiger partial charge in [-0.3, -0.25) is 4.79 Å². The van der Waals surface area contributed by atoms with Gasteiger partial charge in [0.1, 0.15) is 0 Å². The molecule has 1 amide bonds. The zero-order chi connectivity index (χ0) is 19.5. The van der Waals surface area contributed by atoms with Crippen molar-refractivity contribution in [1.82, 2.24) is 19.9 Å². The van der Waals surface area contributed by atoms with Gasteiger partial charge in [-0.15, -0.1) is 0 Å². The number of hydrogen-bond donors (Lipinski definition) is 1. The average molecular weight is 381 g/mol. The van der Waals surface area contributed by atoms with E-state index in [1.807, 2.05) is 18.2 Å². The number of methoxy groups -OCH3 is 2. The van der Waals surface area contributed by atoms with Gasteiger partial charge in [0, 0.05) is 49.3 Å². The molecule has 8 nitrogen and oxygen atoms in total. The number of carbonyl (C=O) groups is 1. The first-order chi connectivity index (χ1) is 13.7. The van der Waals surface area contributed by atoms with Crippen LogP contribution in [0.2, 0.25) is 0 Å². The molecule has 1 aliphatic heterocycles. The summed E-state index contributed by atoms with van der Waals surface area (Å²) < 4.78 is 12.3. The Labute approximate surface area is 163 Å². The van der Waals surface area contributed by atoms with E-state index in [-0.39, 0.29) is 11.9 Å². The maximum atomic E-state index is 12.5. The zero-order valence-corrected chi connectivity index (χ0v) is 16.0. The summed E-state index contributed by atoms with van der Waals surface area (Å²) in [6.45, 7) is 1.71.